The summed E-state index contributed by atoms with van der Waals surface area (Å²) in [4.78, 5) is 0. The van der Waals surface area contributed by atoms with E-state index >= 15 is 0 Å². The van der Waals surface area contributed by atoms with E-state index in [1.54, 1.807) is 0 Å². The number of unbranched alkanes of at least 4 members (excludes halogenated alkanes) is 1. The summed E-state index contributed by atoms with van der Waals surface area (Å²) in [5, 5.41) is 0. The molecule has 0 bridgehead atoms. The van der Waals surface area contributed by atoms with Gasteiger partial charge in [0.2, 0.25) is 0 Å². The highest BCUT2D eigenvalue weighted by atomic mass is 14.1. The second kappa shape index (κ2) is 9.76. The van der Waals surface area contributed by atoms with E-state index in [0.717, 1.165) is 24.0 Å². The number of aryl methyl sites for hydroxylation is 5. The van der Waals surface area contributed by atoms with Crippen LogP contribution in [0.5, 0.6) is 0 Å². The first kappa shape index (κ1) is 21.8. The third-order valence-electron chi connectivity index (χ3n) is 5.96. The minimum absolute atomic E-state index is 1.06. The summed E-state index contributed by atoms with van der Waals surface area (Å²) in [6.45, 7) is 17.2. The summed E-state index contributed by atoms with van der Waals surface area (Å²) in [6.07, 6.45) is 4.56. The van der Waals surface area contributed by atoms with E-state index < -0.39 is 0 Å². The van der Waals surface area contributed by atoms with Crippen molar-refractivity contribution >= 4 is 11.1 Å². The van der Waals surface area contributed by atoms with Gasteiger partial charge in [-0.3, -0.25) is 0 Å². The van der Waals surface area contributed by atoms with E-state index in [0.29, 0.717) is 0 Å². The Bertz CT molecular complexity index is 1050. The topological polar surface area (TPSA) is 0 Å². The molecule has 0 aliphatic carbocycles. The van der Waals surface area contributed by atoms with Crippen molar-refractivity contribution < 1.29 is 0 Å². The molecular weight excluding hydrogens is 360 g/mol. The number of allylic oxidation sites excluding steroid dienone is 1. The summed E-state index contributed by atoms with van der Waals surface area (Å²) in [5.41, 5.74) is 12.8. The Morgan fingerprint density at radius 2 is 1.27 bits per heavy atom. The Balaban J connectivity index is 1.76. The van der Waals surface area contributed by atoms with E-state index in [4.69, 9.17) is 0 Å². The van der Waals surface area contributed by atoms with Crippen LogP contribution in [0.4, 0.5) is 0 Å². The Hall–Kier alpha value is -2.86. The van der Waals surface area contributed by atoms with Gasteiger partial charge in [0, 0.05) is 0 Å². The molecule has 0 saturated heterocycles. The first-order chi connectivity index (χ1) is 14.3. The maximum atomic E-state index is 4.43. The largest absolute Gasteiger partial charge is 0.0955 e. The predicted octanol–water partition coefficient (Wildman–Crippen LogP) is 8.27. The monoisotopic (exact) mass is 394 g/mol. The van der Waals surface area contributed by atoms with Crippen LogP contribution in [0.25, 0.3) is 11.1 Å². The van der Waals surface area contributed by atoms with Gasteiger partial charge >= 0.3 is 0 Å². The van der Waals surface area contributed by atoms with Gasteiger partial charge in [-0.1, -0.05) is 90.5 Å². The number of benzene rings is 3. The summed E-state index contributed by atoms with van der Waals surface area (Å²) >= 11 is 0. The lowest BCUT2D eigenvalue weighted by Crippen LogP contribution is -1.98. The summed E-state index contributed by atoms with van der Waals surface area (Å²) in [6, 6.07) is 22.2. The Morgan fingerprint density at radius 1 is 0.667 bits per heavy atom. The van der Waals surface area contributed by atoms with E-state index in [-0.39, 0.29) is 0 Å². The Kier molecular flexibility index (Phi) is 7.11. The van der Waals surface area contributed by atoms with Crippen molar-refractivity contribution in [3.63, 3.8) is 0 Å². The van der Waals surface area contributed by atoms with Gasteiger partial charge in [0.05, 0.1) is 0 Å². The van der Waals surface area contributed by atoms with Crippen LogP contribution in [-0.2, 0) is 12.8 Å². The van der Waals surface area contributed by atoms with Gasteiger partial charge < -0.3 is 0 Å². The number of hydrogen-bond donors (Lipinski definition) is 0. The first-order valence-corrected chi connectivity index (χ1v) is 11.0. The van der Waals surface area contributed by atoms with Crippen molar-refractivity contribution in [1.82, 2.24) is 0 Å². The minimum atomic E-state index is 1.06. The average molecular weight is 395 g/mol. The zero-order valence-electron chi connectivity index (χ0n) is 19.0. The van der Waals surface area contributed by atoms with Crippen molar-refractivity contribution in [3.05, 3.63) is 118 Å². The van der Waals surface area contributed by atoms with Crippen LogP contribution in [0.3, 0.4) is 0 Å². The van der Waals surface area contributed by atoms with Gasteiger partial charge in [-0.2, -0.15) is 0 Å². The summed E-state index contributed by atoms with van der Waals surface area (Å²) < 4.78 is 0. The van der Waals surface area contributed by atoms with Crippen LogP contribution in [0.2, 0.25) is 0 Å². The molecule has 30 heavy (non-hydrogen) atoms. The normalized spacial score (nSPS) is 10.8. The molecule has 0 fully saturated rings. The molecule has 0 saturated carbocycles. The SMILES string of the molecule is C=C(C)c1ccc(C(=C)c2ccc(C)cc2)c(CCCCc2ccc(C)cc2C)c1. The van der Waals surface area contributed by atoms with Crippen LogP contribution in [0, 0.1) is 20.8 Å². The van der Waals surface area contributed by atoms with Crippen molar-refractivity contribution in [2.75, 3.05) is 0 Å². The maximum absolute atomic E-state index is 4.43. The lowest BCUT2D eigenvalue weighted by Gasteiger charge is -2.15. The molecule has 0 radical (unpaired) electrons. The van der Waals surface area contributed by atoms with Gasteiger partial charge in [-0.25, -0.2) is 0 Å². The zero-order chi connectivity index (χ0) is 21.7. The molecular formula is C30H34. The molecule has 0 aliphatic heterocycles. The second-order valence-corrected chi connectivity index (χ2v) is 8.63. The van der Waals surface area contributed by atoms with Crippen molar-refractivity contribution in [3.8, 4) is 0 Å². The van der Waals surface area contributed by atoms with Crippen LogP contribution in [0.1, 0.15) is 64.3 Å². The molecule has 154 valence electrons. The van der Waals surface area contributed by atoms with E-state index in [9.17, 15) is 0 Å². The van der Waals surface area contributed by atoms with Gasteiger partial charge in [0.25, 0.3) is 0 Å². The van der Waals surface area contributed by atoms with Crippen molar-refractivity contribution in [2.45, 2.75) is 53.4 Å². The van der Waals surface area contributed by atoms with Gasteiger partial charge in [0.1, 0.15) is 0 Å². The van der Waals surface area contributed by atoms with Crippen LogP contribution in [0.15, 0.2) is 73.8 Å². The fourth-order valence-electron chi connectivity index (χ4n) is 4.03. The molecule has 0 aromatic heterocycles. The Labute approximate surface area is 183 Å². The van der Waals surface area contributed by atoms with Gasteiger partial charge in [0.15, 0.2) is 0 Å². The smallest absolute Gasteiger partial charge is 0.0151 e. The van der Waals surface area contributed by atoms with Crippen LogP contribution >= 0.6 is 0 Å². The number of hydrogen-bond acceptors (Lipinski definition) is 0. The van der Waals surface area contributed by atoms with E-state index in [1.165, 1.54) is 57.3 Å². The van der Waals surface area contributed by atoms with Gasteiger partial charge in [-0.05, 0) is 92.3 Å². The highest BCUT2D eigenvalue weighted by Crippen LogP contribution is 2.29. The molecule has 0 N–H and O–H groups in total. The molecule has 0 nitrogen and oxygen atoms in total. The zero-order valence-corrected chi connectivity index (χ0v) is 19.0. The molecule has 0 aliphatic rings. The first-order valence-electron chi connectivity index (χ1n) is 11.0. The molecule has 3 aromatic carbocycles. The molecule has 0 unspecified atom stereocenters. The van der Waals surface area contributed by atoms with Crippen molar-refractivity contribution in [2.24, 2.45) is 0 Å². The van der Waals surface area contributed by atoms with Gasteiger partial charge in [-0.15, -0.1) is 0 Å². The molecule has 3 rings (SSSR count). The van der Waals surface area contributed by atoms with E-state index in [1.807, 2.05) is 0 Å². The van der Waals surface area contributed by atoms with Crippen LogP contribution in [-0.4, -0.2) is 0 Å². The van der Waals surface area contributed by atoms with E-state index in [2.05, 4.69) is 102 Å². The lowest BCUT2D eigenvalue weighted by molar-refractivity contribution is 0.731. The third kappa shape index (κ3) is 5.39. The minimum Gasteiger partial charge on any atom is -0.0955 e. The lowest BCUT2D eigenvalue weighted by atomic mass is 9.89. The molecule has 0 amide bonds. The summed E-state index contributed by atoms with van der Waals surface area (Å²) in [5.74, 6) is 0. The maximum Gasteiger partial charge on any atom is -0.0151 e. The molecule has 0 heteroatoms. The highest BCUT2D eigenvalue weighted by Gasteiger charge is 2.10. The predicted molar refractivity (Wildman–Crippen MR) is 133 cm³/mol. The number of rotatable bonds is 8. The summed E-state index contributed by atoms with van der Waals surface area (Å²) in [7, 11) is 0. The second-order valence-electron chi connectivity index (χ2n) is 8.63. The standard InChI is InChI=1S/C30H34/c1-21(2)28-17-18-30(25(6)27-15-11-22(3)12-16-27)29(20-28)10-8-7-9-26-14-13-23(4)19-24(26)5/h11-20H,1,6-10H2,2-5H3. The fourth-order valence-corrected chi connectivity index (χ4v) is 4.03. The Morgan fingerprint density at radius 3 is 1.90 bits per heavy atom. The molecule has 0 heterocycles. The fraction of sp³-hybridized carbons (Fsp3) is 0.267. The molecule has 0 spiro atoms. The molecule has 0 atom stereocenters. The quantitative estimate of drug-likeness (QED) is 0.337. The average Bonchev–Trinajstić information content (AvgIpc) is 2.72. The third-order valence-corrected chi connectivity index (χ3v) is 5.96. The van der Waals surface area contributed by atoms with Crippen molar-refractivity contribution in [1.29, 1.82) is 0 Å². The molecule has 3 aromatic rings. The van der Waals surface area contributed by atoms with Crippen LogP contribution < -0.4 is 0 Å². The highest BCUT2D eigenvalue weighted by molar-refractivity contribution is 5.81.